The minimum absolute atomic E-state index is 0.0224. The molecule has 0 saturated heterocycles. The summed E-state index contributed by atoms with van der Waals surface area (Å²) in [7, 11) is 0. The summed E-state index contributed by atoms with van der Waals surface area (Å²) < 4.78 is 5.24. The summed E-state index contributed by atoms with van der Waals surface area (Å²) in [6.07, 6.45) is 4.97. The van der Waals surface area contributed by atoms with Crippen LogP contribution >= 0.6 is 0 Å². The van der Waals surface area contributed by atoms with E-state index in [-0.39, 0.29) is 24.9 Å². The number of carbonyl (C=O) groups excluding carboxylic acids is 1. The molecule has 1 rings (SSSR count). The number of carboxylic acids is 1. The summed E-state index contributed by atoms with van der Waals surface area (Å²) in [6.45, 7) is 5.64. The van der Waals surface area contributed by atoms with Gasteiger partial charge < -0.3 is 15.2 Å². The van der Waals surface area contributed by atoms with E-state index in [1.807, 2.05) is 13.8 Å². The van der Waals surface area contributed by atoms with Crippen LogP contribution in [-0.2, 0) is 4.79 Å². The Morgan fingerprint density at radius 3 is 2.41 bits per heavy atom. The summed E-state index contributed by atoms with van der Waals surface area (Å²) in [6, 6.07) is 6.53. The minimum Gasteiger partial charge on any atom is -0.481 e. The third-order valence-electron chi connectivity index (χ3n) is 3.63. The van der Waals surface area contributed by atoms with Crippen molar-refractivity contribution in [3.05, 3.63) is 29.8 Å². The van der Waals surface area contributed by atoms with E-state index in [1.54, 1.807) is 31.2 Å². The van der Waals surface area contributed by atoms with Gasteiger partial charge in [0, 0.05) is 5.56 Å². The first kappa shape index (κ1) is 17.6. The van der Waals surface area contributed by atoms with E-state index in [2.05, 4.69) is 11.2 Å². The maximum atomic E-state index is 12.3. The summed E-state index contributed by atoms with van der Waals surface area (Å²) in [5, 5.41) is 11.8. The third-order valence-corrected chi connectivity index (χ3v) is 3.63. The number of rotatable bonds is 7. The highest BCUT2D eigenvalue weighted by atomic mass is 16.5. The summed E-state index contributed by atoms with van der Waals surface area (Å²) in [5.41, 5.74) is -0.382. The number of carboxylic acid groups (broad SMARTS) is 1. The highest BCUT2D eigenvalue weighted by Gasteiger charge is 2.33. The van der Waals surface area contributed by atoms with Crippen LogP contribution in [-0.4, -0.2) is 29.1 Å². The molecule has 1 aromatic carbocycles. The first-order valence-electron chi connectivity index (χ1n) is 6.99. The van der Waals surface area contributed by atoms with Crippen molar-refractivity contribution >= 4 is 11.9 Å². The van der Waals surface area contributed by atoms with Crippen molar-refractivity contribution in [2.75, 3.05) is 6.61 Å². The normalized spacial score (nSPS) is 13.0. The molecular weight excluding hydrogens is 282 g/mol. The zero-order valence-corrected chi connectivity index (χ0v) is 13.1. The summed E-state index contributed by atoms with van der Waals surface area (Å²) in [5.74, 6) is 1.64. The van der Waals surface area contributed by atoms with Gasteiger partial charge >= 0.3 is 5.97 Å². The minimum atomic E-state index is -0.950. The second-order valence-electron chi connectivity index (χ2n) is 5.61. The number of hydrogen-bond donors (Lipinski definition) is 2. The van der Waals surface area contributed by atoms with Gasteiger partial charge in [0.1, 0.15) is 12.4 Å². The molecule has 5 nitrogen and oxygen atoms in total. The molecule has 1 atom stereocenters. The highest BCUT2D eigenvalue weighted by molar-refractivity contribution is 5.95. The number of nitrogens with one attached hydrogen (secondary N) is 1. The number of amides is 1. The fraction of sp³-hybridized carbons (Fsp3) is 0.412. The molecule has 22 heavy (non-hydrogen) atoms. The topological polar surface area (TPSA) is 75.6 Å². The Labute approximate surface area is 130 Å². The second-order valence-corrected chi connectivity index (χ2v) is 5.61. The molecule has 0 aliphatic rings. The molecule has 0 aromatic heterocycles. The van der Waals surface area contributed by atoms with Gasteiger partial charge in [-0.1, -0.05) is 19.8 Å². The van der Waals surface area contributed by atoms with Gasteiger partial charge in [-0.25, -0.2) is 0 Å². The lowest BCUT2D eigenvalue weighted by Gasteiger charge is -2.33. The van der Waals surface area contributed by atoms with Crippen molar-refractivity contribution in [2.24, 2.45) is 5.92 Å². The Hall–Kier alpha value is -2.48. The third kappa shape index (κ3) is 4.81. The molecule has 0 fully saturated rings. The molecule has 0 heterocycles. The molecule has 118 valence electrons. The van der Waals surface area contributed by atoms with Crippen LogP contribution in [0.2, 0.25) is 0 Å². The average Bonchev–Trinajstić information content (AvgIpc) is 2.44. The van der Waals surface area contributed by atoms with Gasteiger partial charge in [0.2, 0.25) is 0 Å². The van der Waals surface area contributed by atoms with Crippen molar-refractivity contribution in [1.82, 2.24) is 5.32 Å². The Kier molecular flexibility index (Phi) is 6.00. The SMILES string of the molecule is C#CCOc1ccc(C(=O)NC(C)(CC(=O)O)C(C)C)cc1. The monoisotopic (exact) mass is 303 g/mol. The smallest absolute Gasteiger partial charge is 0.305 e. The van der Waals surface area contributed by atoms with Crippen LogP contribution in [0.4, 0.5) is 0 Å². The van der Waals surface area contributed by atoms with Crippen molar-refractivity contribution in [1.29, 1.82) is 0 Å². The van der Waals surface area contributed by atoms with Gasteiger partial charge in [0.25, 0.3) is 5.91 Å². The van der Waals surface area contributed by atoms with Gasteiger partial charge in [-0.05, 0) is 37.1 Å². The zero-order valence-electron chi connectivity index (χ0n) is 13.1. The quantitative estimate of drug-likeness (QED) is 0.758. The molecule has 2 N–H and O–H groups in total. The predicted molar refractivity (Wildman–Crippen MR) is 83.7 cm³/mol. The molecule has 0 aliphatic carbocycles. The van der Waals surface area contributed by atoms with Crippen LogP contribution in [0, 0.1) is 18.3 Å². The number of terminal acetylenes is 1. The fourth-order valence-corrected chi connectivity index (χ4v) is 1.87. The molecule has 1 unspecified atom stereocenters. The lowest BCUT2D eigenvalue weighted by Crippen LogP contribution is -2.51. The fourth-order valence-electron chi connectivity index (χ4n) is 1.87. The largest absolute Gasteiger partial charge is 0.481 e. The molecular formula is C17H21NO4. The summed E-state index contributed by atoms with van der Waals surface area (Å²) >= 11 is 0. The zero-order chi connectivity index (χ0) is 16.8. The van der Waals surface area contributed by atoms with Crippen molar-refractivity contribution in [3.8, 4) is 18.1 Å². The van der Waals surface area contributed by atoms with E-state index in [9.17, 15) is 9.59 Å². The van der Waals surface area contributed by atoms with Gasteiger partial charge in [0.15, 0.2) is 0 Å². The second kappa shape index (κ2) is 7.51. The van der Waals surface area contributed by atoms with E-state index in [0.717, 1.165) is 0 Å². The van der Waals surface area contributed by atoms with Crippen molar-refractivity contribution in [2.45, 2.75) is 32.7 Å². The van der Waals surface area contributed by atoms with Crippen LogP contribution in [0.25, 0.3) is 0 Å². The van der Waals surface area contributed by atoms with Crippen LogP contribution in [0.5, 0.6) is 5.75 Å². The Morgan fingerprint density at radius 2 is 1.95 bits per heavy atom. The lowest BCUT2D eigenvalue weighted by molar-refractivity contribution is -0.138. The first-order chi connectivity index (χ1) is 10.3. The maximum absolute atomic E-state index is 12.3. The number of benzene rings is 1. The molecule has 0 bridgehead atoms. The molecule has 0 radical (unpaired) electrons. The lowest BCUT2D eigenvalue weighted by atomic mass is 9.85. The Bertz CT molecular complexity index is 571. The number of ether oxygens (including phenoxy) is 1. The molecule has 0 aliphatic heterocycles. The predicted octanol–water partition coefficient (Wildman–Crippen LogP) is 2.32. The summed E-state index contributed by atoms with van der Waals surface area (Å²) in [4.78, 5) is 23.3. The molecule has 1 amide bonds. The van der Waals surface area contributed by atoms with E-state index in [0.29, 0.717) is 11.3 Å². The van der Waals surface area contributed by atoms with E-state index in [4.69, 9.17) is 16.3 Å². The van der Waals surface area contributed by atoms with Crippen LogP contribution < -0.4 is 10.1 Å². The number of aliphatic carboxylic acids is 1. The van der Waals surface area contributed by atoms with Crippen LogP contribution in [0.15, 0.2) is 24.3 Å². The van der Waals surface area contributed by atoms with E-state index in [1.165, 1.54) is 0 Å². The van der Waals surface area contributed by atoms with Gasteiger partial charge in [0.05, 0.1) is 12.0 Å². The number of hydrogen-bond acceptors (Lipinski definition) is 3. The number of carbonyl (C=O) groups is 2. The molecule has 1 aromatic rings. The average molecular weight is 303 g/mol. The molecule has 5 heteroatoms. The van der Waals surface area contributed by atoms with Crippen molar-refractivity contribution in [3.63, 3.8) is 0 Å². The van der Waals surface area contributed by atoms with Gasteiger partial charge in [-0.3, -0.25) is 9.59 Å². The Morgan fingerprint density at radius 1 is 1.36 bits per heavy atom. The van der Waals surface area contributed by atoms with E-state index < -0.39 is 11.5 Å². The van der Waals surface area contributed by atoms with Gasteiger partial charge in [-0.2, -0.15) is 0 Å². The van der Waals surface area contributed by atoms with Crippen molar-refractivity contribution < 1.29 is 19.4 Å². The van der Waals surface area contributed by atoms with Gasteiger partial charge in [-0.15, -0.1) is 6.42 Å². The van der Waals surface area contributed by atoms with Crippen LogP contribution in [0.3, 0.4) is 0 Å². The van der Waals surface area contributed by atoms with Crippen LogP contribution in [0.1, 0.15) is 37.6 Å². The maximum Gasteiger partial charge on any atom is 0.305 e. The van der Waals surface area contributed by atoms with E-state index >= 15 is 0 Å². The molecule has 0 spiro atoms. The first-order valence-corrected chi connectivity index (χ1v) is 6.99. The molecule has 0 saturated carbocycles. The standard InChI is InChI=1S/C17H21NO4/c1-5-10-22-14-8-6-13(7-9-14)16(21)18-17(4,12(2)3)11-15(19)20/h1,6-9,12H,10-11H2,2-4H3,(H,18,21)(H,19,20). The Balaban J connectivity index is 2.82. The highest BCUT2D eigenvalue weighted by Crippen LogP contribution is 2.22.